The van der Waals surface area contributed by atoms with Crippen LogP contribution in [0.3, 0.4) is 0 Å². The van der Waals surface area contributed by atoms with Gasteiger partial charge in [0.1, 0.15) is 17.4 Å². The van der Waals surface area contributed by atoms with Gasteiger partial charge in [-0.05, 0) is 68.3 Å². The van der Waals surface area contributed by atoms with E-state index in [1.807, 2.05) is 6.92 Å². The van der Waals surface area contributed by atoms with Crippen molar-refractivity contribution in [2.45, 2.75) is 25.7 Å². The molecule has 3 rings (SSSR count). The highest BCUT2D eigenvalue weighted by Crippen LogP contribution is 2.27. The molecular weight excluding hydrogens is 404 g/mol. The van der Waals surface area contributed by atoms with Crippen molar-refractivity contribution >= 4 is 27.2 Å². The molecule has 8 nitrogen and oxygen atoms in total. The molecule has 0 atom stereocenters. The molecule has 0 bridgehead atoms. The summed E-state index contributed by atoms with van der Waals surface area (Å²) in [5.41, 5.74) is 2.55. The molecule has 0 radical (unpaired) electrons. The van der Waals surface area contributed by atoms with Crippen molar-refractivity contribution in [1.82, 2.24) is 9.97 Å². The lowest BCUT2D eigenvalue weighted by Gasteiger charge is -2.14. The zero-order chi connectivity index (χ0) is 21.9. The molecule has 1 aromatic heterocycles. The van der Waals surface area contributed by atoms with Crippen LogP contribution in [0.4, 0.5) is 17.2 Å². The number of nitrogens with one attached hydrogen (secondary N) is 2. The van der Waals surface area contributed by atoms with E-state index in [0.29, 0.717) is 34.5 Å². The number of aromatic nitrogens is 2. The Balaban J connectivity index is 1.78. The van der Waals surface area contributed by atoms with E-state index in [-0.39, 0.29) is 4.90 Å². The standard InChI is InChI=1S/C21H24N4O4S/c1-13-11-19(14(2)10-18(13)28-4)30(26,27)25-17-8-6-16(7-9-17)24-20-12-21(29-5)23-15(3)22-20/h6-12,25H,1-5H3,(H,22,23,24). The highest BCUT2D eigenvalue weighted by atomic mass is 32.2. The van der Waals surface area contributed by atoms with Crippen molar-refractivity contribution in [2.24, 2.45) is 0 Å². The normalized spacial score (nSPS) is 11.1. The average Bonchev–Trinajstić information content (AvgIpc) is 2.70. The van der Waals surface area contributed by atoms with Crippen molar-refractivity contribution in [2.75, 3.05) is 24.3 Å². The Bertz CT molecular complexity index is 1160. The Kier molecular flexibility index (Phi) is 6.12. The second kappa shape index (κ2) is 8.58. The molecule has 2 aromatic carbocycles. The average molecular weight is 429 g/mol. The van der Waals surface area contributed by atoms with Gasteiger partial charge in [0.25, 0.3) is 10.0 Å². The Labute approximate surface area is 176 Å². The number of aryl methyl sites for hydroxylation is 3. The summed E-state index contributed by atoms with van der Waals surface area (Å²) in [5.74, 6) is 2.27. The molecule has 0 aliphatic heterocycles. The molecule has 30 heavy (non-hydrogen) atoms. The molecule has 2 N–H and O–H groups in total. The Morgan fingerprint density at radius 2 is 1.50 bits per heavy atom. The Morgan fingerprint density at radius 3 is 2.13 bits per heavy atom. The van der Waals surface area contributed by atoms with E-state index in [4.69, 9.17) is 9.47 Å². The van der Waals surface area contributed by atoms with Gasteiger partial charge in [0.2, 0.25) is 5.88 Å². The maximum atomic E-state index is 12.9. The summed E-state index contributed by atoms with van der Waals surface area (Å²) in [4.78, 5) is 8.66. The number of hydrogen-bond donors (Lipinski definition) is 2. The van der Waals surface area contributed by atoms with Crippen LogP contribution in [0.2, 0.25) is 0 Å². The summed E-state index contributed by atoms with van der Waals surface area (Å²) in [6.07, 6.45) is 0. The minimum Gasteiger partial charge on any atom is -0.496 e. The third-order valence-corrected chi connectivity index (χ3v) is 5.94. The summed E-state index contributed by atoms with van der Waals surface area (Å²) in [6.45, 7) is 5.32. The number of ether oxygens (including phenoxy) is 2. The van der Waals surface area contributed by atoms with Crippen LogP contribution in [0.1, 0.15) is 17.0 Å². The van der Waals surface area contributed by atoms with Crippen LogP contribution in [-0.2, 0) is 10.0 Å². The minimum absolute atomic E-state index is 0.214. The maximum absolute atomic E-state index is 12.9. The second-order valence-electron chi connectivity index (χ2n) is 6.74. The van der Waals surface area contributed by atoms with Crippen LogP contribution in [0.25, 0.3) is 0 Å². The van der Waals surface area contributed by atoms with Crippen LogP contribution in [-0.4, -0.2) is 32.6 Å². The first-order valence-electron chi connectivity index (χ1n) is 9.16. The number of hydrogen-bond acceptors (Lipinski definition) is 7. The van der Waals surface area contributed by atoms with Crippen LogP contribution < -0.4 is 19.5 Å². The monoisotopic (exact) mass is 428 g/mol. The maximum Gasteiger partial charge on any atom is 0.262 e. The number of nitrogens with zero attached hydrogens (tertiary/aromatic N) is 2. The fourth-order valence-corrected chi connectivity index (χ4v) is 4.33. The van der Waals surface area contributed by atoms with Gasteiger partial charge in [-0.2, -0.15) is 4.98 Å². The zero-order valence-electron chi connectivity index (χ0n) is 17.5. The number of methoxy groups -OCH3 is 2. The predicted molar refractivity (Wildman–Crippen MR) is 116 cm³/mol. The van der Waals surface area contributed by atoms with Gasteiger partial charge in [0.15, 0.2) is 0 Å². The molecule has 0 spiro atoms. The van der Waals surface area contributed by atoms with Crippen molar-refractivity contribution in [3.05, 3.63) is 59.4 Å². The van der Waals surface area contributed by atoms with Crippen molar-refractivity contribution < 1.29 is 17.9 Å². The summed E-state index contributed by atoms with van der Waals surface area (Å²) >= 11 is 0. The molecule has 0 aliphatic rings. The van der Waals surface area contributed by atoms with Crippen LogP contribution >= 0.6 is 0 Å². The van der Waals surface area contributed by atoms with Crippen molar-refractivity contribution in [3.63, 3.8) is 0 Å². The molecule has 0 saturated carbocycles. The van der Waals surface area contributed by atoms with Crippen LogP contribution in [0.15, 0.2) is 47.4 Å². The predicted octanol–water partition coefficient (Wildman–Crippen LogP) is 3.96. The fourth-order valence-electron chi connectivity index (χ4n) is 2.96. The van der Waals surface area contributed by atoms with E-state index in [1.165, 1.54) is 0 Å². The lowest BCUT2D eigenvalue weighted by molar-refractivity contribution is 0.396. The number of rotatable bonds is 7. The van der Waals surface area contributed by atoms with E-state index < -0.39 is 10.0 Å². The lowest BCUT2D eigenvalue weighted by Crippen LogP contribution is -2.14. The van der Waals surface area contributed by atoms with E-state index in [2.05, 4.69) is 20.0 Å². The van der Waals surface area contributed by atoms with Gasteiger partial charge in [-0.15, -0.1) is 0 Å². The summed E-state index contributed by atoms with van der Waals surface area (Å²) < 4.78 is 38.7. The molecule has 158 valence electrons. The fraction of sp³-hybridized carbons (Fsp3) is 0.238. The Hall–Kier alpha value is -3.33. The SMILES string of the molecule is COc1cc(Nc2ccc(NS(=O)(=O)c3cc(C)c(OC)cc3C)cc2)nc(C)n1. The van der Waals surface area contributed by atoms with E-state index >= 15 is 0 Å². The molecule has 0 saturated heterocycles. The third kappa shape index (κ3) is 4.80. The van der Waals surface area contributed by atoms with E-state index in [0.717, 1.165) is 11.3 Å². The molecule has 0 unspecified atom stereocenters. The largest absolute Gasteiger partial charge is 0.496 e. The second-order valence-corrected chi connectivity index (χ2v) is 8.39. The number of benzene rings is 2. The van der Waals surface area contributed by atoms with E-state index in [9.17, 15) is 8.42 Å². The van der Waals surface area contributed by atoms with Gasteiger partial charge in [-0.25, -0.2) is 13.4 Å². The van der Waals surface area contributed by atoms with Gasteiger partial charge in [-0.3, -0.25) is 4.72 Å². The summed E-state index contributed by atoms with van der Waals surface area (Å²) in [5, 5.41) is 3.15. The van der Waals surface area contributed by atoms with Gasteiger partial charge in [0.05, 0.1) is 19.1 Å². The summed E-state index contributed by atoms with van der Waals surface area (Å²) in [6, 6.07) is 11.9. The molecule has 0 fully saturated rings. The quantitative estimate of drug-likeness (QED) is 0.587. The van der Waals surface area contributed by atoms with Crippen molar-refractivity contribution in [3.8, 4) is 11.6 Å². The highest BCUT2D eigenvalue weighted by molar-refractivity contribution is 7.92. The minimum atomic E-state index is -3.74. The zero-order valence-corrected chi connectivity index (χ0v) is 18.3. The third-order valence-electron chi connectivity index (χ3n) is 4.42. The molecule has 3 aromatic rings. The van der Waals surface area contributed by atoms with Gasteiger partial charge in [-0.1, -0.05) is 0 Å². The number of sulfonamides is 1. The smallest absolute Gasteiger partial charge is 0.262 e. The van der Waals surface area contributed by atoms with Crippen molar-refractivity contribution in [1.29, 1.82) is 0 Å². The summed E-state index contributed by atoms with van der Waals surface area (Å²) in [7, 11) is -0.643. The van der Waals surface area contributed by atoms with Gasteiger partial charge >= 0.3 is 0 Å². The van der Waals surface area contributed by atoms with E-state index in [1.54, 1.807) is 70.5 Å². The highest BCUT2D eigenvalue weighted by Gasteiger charge is 2.19. The van der Waals surface area contributed by atoms with Gasteiger partial charge in [0, 0.05) is 17.4 Å². The molecule has 0 amide bonds. The topological polar surface area (TPSA) is 102 Å². The first kappa shape index (κ1) is 21.4. The first-order valence-corrected chi connectivity index (χ1v) is 10.6. The first-order chi connectivity index (χ1) is 14.2. The lowest BCUT2D eigenvalue weighted by atomic mass is 10.1. The van der Waals surface area contributed by atoms with Crippen LogP contribution in [0, 0.1) is 20.8 Å². The Morgan fingerprint density at radius 1 is 0.833 bits per heavy atom. The molecule has 9 heteroatoms. The molecule has 0 aliphatic carbocycles. The molecular formula is C21H24N4O4S. The van der Waals surface area contributed by atoms with Gasteiger partial charge < -0.3 is 14.8 Å². The molecule has 1 heterocycles. The van der Waals surface area contributed by atoms with Crippen LogP contribution in [0.5, 0.6) is 11.6 Å². The number of anilines is 3.